The van der Waals surface area contributed by atoms with Gasteiger partial charge in [-0.3, -0.25) is 0 Å². The van der Waals surface area contributed by atoms with Gasteiger partial charge < -0.3 is 9.88 Å². The minimum absolute atomic E-state index is 0.372. The molecule has 0 spiro atoms. The zero-order valence-electron chi connectivity index (χ0n) is 8.93. The highest BCUT2D eigenvalue weighted by atomic mass is 35.5. The van der Waals surface area contributed by atoms with E-state index in [1.165, 1.54) is 11.3 Å². The lowest BCUT2D eigenvalue weighted by Crippen LogP contribution is -2.29. The molecule has 0 aliphatic rings. The molecular formula is C10H13ClN4S. The summed E-state index contributed by atoms with van der Waals surface area (Å²) in [4.78, 5) is 8.19. The van der Waals surface area contributed by atoms with Crippen molar-refractivity contribution in [3.63, 3.8) is 0 Å². The monoisotopic (exact) mass is 256 g/mol. The SMILES string of the molecule is CC(Cn1ccnc1)NCc1ncc(Cl)s1. The van der Waals surface area contributed by atoms with Gasteiger partial charge in [-0.2, -0.15) is 0 Å². The second-order valence-electron chi connectivity index (χ2n) is 3.60. The average molecular weight is 257 g/mol. The maximum atomic E-state index is 5.81. The molecule has 0 amide bonds. The van der Waals surface area contributed by atoms with Crippen LogP contribution in [0.15, 0.2) is 24.9 Å². The van der Waals surface area contributed by atoms with Crippen molar-refractivity contribution < 1.29 is 0 Å². The van der Waals surface area contributed by atoms with Crippen molar-refractivity contribution in [1.29, 1.82) is 0 Å². The summed E-state index contributed by atoms with van der Waals surface area (Å²) in [7, 11) is 0. The summed E-state index contributed by atoms with van der Waals surface area (Å²) in [6.45, 7) is 3.79. The molecule has 2 rings (SSSR count). The Kier molecular flexibility index (Phi) is 3.93. The van der Waals surface area contributed by atoms with Crippen LogP contribution >= 0.6 is 22.9 Å². The zero-order valence-corrected chi connectivity index (χ0v) is 10.5. The molecule has 2 aromatic rings. The van der Waals surface area contributed by atoms with E-state index in [0.29, 0.717) is 6.04 Å². The highest BCUT2D eigenvalue weighted by Crippen LogP contribution is 2.17. The van der Waals surface area contributed by atoms with Gasteiger partial charge in [0.2, 0.25) is 0 Å². The van der Waals surface area contributed by atoms with Gasteiger partial charge in [0.1, 0.15) is 9.34 Å². The smallest absolute Gasteiger partial charge is 0.113 e. The summed E-state index contributed by atoms with van der Waals surface area (Å²) in [5, 5.41) is 4.41. The summed E-state index contributed by atoms with van der Waals surface area (Å²) in [6, 6.07) is 0.372. The molecule has 86 valence electrons. The number of hydrogen-bond acceptors (Lipinski definition) is 4. The molecule has 0 saturated carbocycles. The molecule has 2 aromatic heterocycles. The first-order chi connectivity index (χ1) is 7.74. The van der Waals surface area contributed by atoms with Crippen LogP contribution < -0.4 is 5.32 Å². The van der Waals surface area contributed by atoms with E-state index in [4.69, 9.17) is 11.6 Å². The zero-order chi connectivity index (χ0) is 11.4. The molecule has 0 radical (unpaired) electrons. The van der Waals surface area contributed by atoms with Crippen molar-refractivity contribution in [2.45, 2.75) is 26.1 Å². The van der Waals surface area contributed by atoms with Crippen molar-refractivity contribution in [2.75, 3.05) is 0 Å². The lowest BCUT2D eigenvalue weighted by Gasteiger charge is -2.12. The average Bonchev–Trinajstić information content (AvgIpc) is 2.87. The van der Waals surface area contributed by atoms with Crippen LogP contribution in [0.25, 0.3) is 0 Å². The first-order valence-electron chi connectivity index (χ1n) is 5.03. The summed E-state index contributed by atoms with van der Waals surface area (Å²) in [6.07, 6.45) is 7.24. The molecule has 1 unspecified atom stereocenters. The van der Waals surface area contributed by atoms with Crippen LogP contribution in [0.5, 0.6) is 0 Å². The van der Waals surface area contributed by atoms with E-state index in [0.717, 1.165) is 22.4 Å². The number of nitrogens with one attached hydrogen (secondary N) is 1. The minimum atomic E-state index is 0.372. The molecule has 1 N–H and O–H groups in total. The highest BCUT2D eigenvalue weighted by Gasteiger charge is 2.04. The Hall–Kier alpha value is -0.910. The lowest BCUT2D eigenvalue weighted by atomic mass is 10.3. The molecule has 6 heteroatoms. The minimum Gasteiger partial charge on any atom is -0.336 e. The van der Waals surface area contributed by atoms with Crippen molar-refractivity contribution >= 4 is 22.9 Å². The number of halogens is 1. The van der Waals surface area contributed by atoms with Crippen LogP contribution in [0.3, 0.4) is 0 Å². The molecule has 1 atom stereocenters. The Bertz CT molecular complexity index is 426. The highest BCUT2D eigenvalue weighted by molar-refractivity contribution is 7.15. The van der Waals surface area contributed by atoms with Crippen molar-refractivity contribution in [3.05, 3.63) is 34.3 Å². The Labute approximate surface area is 103 Å². The van der Waals surface area contributed by atoms with Gasteiger partial charge >= 0.3 is 0 Å². The Balaban J connectivity index is 1.77. The quantitative estimate of drug-likeness (QED) is 0.892. The van der Waals surface area contributed by atoms with Gasteiger partial charge in [-0.15, -0.1) is 11.3 Å². The van der Waals surface area contributed by atoms with Crippen LogP contribution in [-0.4, -0.2) is 20.6 Å². The first-order valence-corrected chi connectivity index (χ1v) is 6.23. The van der Waals surface area contributed by atoms with E-state index in [1.54, 1.807) is 12.4 Å². The van der Waals surface area contributed by atoms with Crippen molar-refractivity contribution in [1.82, 2.24) is 19.9 Å². The van der Waals surface area contributed by atoms with E-state index in [9.17, 15) is 0 Å². The number of hydrogen-bond donors (Lipinski definition) is 1. The molecular weight excluding hydrogens is 244 g/mol. The van der Waals surface area contributed by atoms with E-state index in [1.807, 2.05) is 17.1 Å². The maximum absolute atomic E-state index is 5.81. The topological polar surface area (TPSA) is 42.7 Å². The Morgan fingerprint density at radius 3 is 3.12 bits per heavy atom. The number of thiazole rings is 1. The number of aromatic nitrogens is 3. The lowest BCUT2D eigenvalue weighted by molar-refractivity contribution is 0.475. The van der Waals surface area contributed by atoms with E-state index >= 15 is 0 Å². The van der Waals surface area contributed by atoms with Gasteiger partial charge in [0.05, 0.1) is 12.5 Å². The van der Waals surface area contributed by atoms with E-state index in [2.05, 4.69) is 22.2 Å². The third-order valence-electron chi connectivity index (χ3n) is 2.17. The summed E-state index contributed by atoms with van der Waals surface area (Å²) in [5.74, 6) is 0. The summed E-state index contributed by atoms with van der Waals surface area (Å²) in [5.41, 5.74) is 0. The van der Waals surface area contributed by atoms with Gasteiger partial charge in [0.25, 0.3) is 0 Å². The fourth-order valence-electron chi connectivity index (χ4n) is 1.41. The molecule has 2 heterocycles. The van der Waals surface area contributed by atoms with Crippen molar-refractivity contribution in [2.24, 2.45) is 0 Å². The molecule has 0 aliphatic heterocycles. The standard InChI is InChI=1S/C10H13ClN4S/c1-8(6-15-3-2-12-7-15)13-5-10-14-4-9(11)16-10/h2-4,7-8,13H,5-6H2,1H3. The van der Waals surface area contributed by atoms with E-state index in [-0.39, 0.29) is 0 Å². The maximum Gasteiger partial charge on any atom is 0.113 e. The predicted molar refractivity (Wildman–Crippen MR) is 65.7 cm³/mol. The van der Waals surface area contributed by atoms with Crippen LogP contribution in [0.2, 0.25) is 4.34 Å². The largest absolute Gasteiger partial charge is 0.336 e. The molecule has 16 heavy (non-hydrogen) atoms. The predicted octanol–water partition coefficient (Wildman–Crippen LogP) is 2.17. The van der Waals surface area contributed by atoms with Crippen LogP contribution in [-0.2, 0) is 13.1 Å². The Morgan fingerprint density at radius 2 is 2.50 bits per heavy atom. The molecule has 0 fully saturated rings. The molecule has 0 saturated heterocycles. The van der Waals surface area contributed by atoms with Gasteiger partial charge in [-0.05, 0) is 6.92 Å². The number of rotatable bonds is 5. The third kappa shape index (κ3) is 3.30. The Morgan fingerprint density at radius 1 is 1.62 bits per heavy atom. The molecule has 0 bridgehead atoms. The van der Waals surface area contributed by atoms with E-state index < -0.39 is 0 Å². The number of imidazole rings is 1. The summed E-state index contributed by atoms with van der Waals surface area (Å²) >= 11 is 7.32. The third-order valence-corrected chi connectivity index (χ3v) is 3.29. The molecule has 0 aliphatic carbocycles. The van der Waals surface area contributed by atoms with Gasteiger partial charge in [0, 0.05) is 31.5 Å². The van der Waals surface area contributed by atoms with Gasteiger partial charge in [-0.1, -0.05) is 11.6 Å². The number of nitrogens with zero attached hydrogens (tertiary/aromatic N) is 3. The fourth-order valence-corrected chi connectivity index (χ4v) is 2.31. The van der Waals surface area contributed by atoms with Crippen LogP contribution in [0.4, 0.5) is 0 Å². The summed E-state index contributed by atoms with van der Waals surface area (Å²) < 4.78 is 2.78. The second-order valence-corrected chi connectivity index (χ2v) is 5.35. The fraction of sp³-hybridized carbons (Fsp3) is 0.400. The molecule has 4 nitrogen and oxygen atoms in total. The normalized spacial score (nSPS) is 12.9. The first kappa shape index (κ1) is 11.6. The second kappa shape index (κ2) is 5.43. The van der Waals surface area contributed by atoms with Crippen LogP contribution in [0.1, 0.15) is 11.9 Å². The van der Waals surface area contributed by atoms with Crippen LogP contribution in [0, 0.1) is 0 Å². The van der Waals surface area contributed by atoms with Gasteiger partial charge in [0.15, 0.2) is 0 Å². The van der Waals surface area contributed by atoms with Gasteiger partial charge in [-0.25, -0.2) is 9.97 Å². The van der Waals surface area contributed by atoms with Crippen molar-refractivity contribution in [3.8, 4) is 0 Å². The molecule has 0 aromatic carbocycles.